The quantitative estimate of drug-likeness (QED) is 0.342. The molecule has 2 heterocycles. The molecule has 2 aromatic carbocycles. The van der Waals surface area contributed by atoms with E-state index in [1.165, 1.54) is 0 Å². The van der Waals surface area contributed by atoms with Gasteiger partial charge in [-0.25, -0.2) is 8.78 Å². The number of ether oxygens (including phenoxy) is 1. The number of anilines is 1. The van der Waals surface area contributed by atoms with Crippen LogP contribution in [0.3, 0.4) is 0 Å². The van der Waals surface area contributed by atoms with Crippen LogP contribution in [0, 0.1) is 11.6 Å². The van der Waals surface area contributed by atoms with Gasteiger partial charge in [0, 0.05) is 16.7 Å². The van der Waals surface area contributed by atoms with Crippen LogP contribution in [0.4, 0.5) is 14.6 Å². The zero-order valence-corrected chi connectivity index (χ0v) is 16.6. The number of nitrogens with one attached hydrogen (secondary N) is 2. The fourth-order valence-electron chi connectivity index (χ4n) is 2.91. The largest absolute Gasteiger partial charge is 0.421 e. The van der Waals surface area contributed by atoms with Gasteiger partial charge in [0.1, 0.15) is 11.6 Å². The van der Waals surface area contributed by atoms with Gasteiger partial charge in [-0.3, -0.25) is 5.10 Å². The fourth-order valence-corrected chi connectivity index (χ4v) is 3.14. The minimum absolute atomic E-state index is 0.166. The normalized spacial score (nSPS) is 11.3. The van der Waals surface area contributed by atoms with Crippen molar-refractivity contribution in [1.82, 2.24) is 20.2 Å². The topological polar surface area (TPSA) is 116 Å². The van der Waals surface area contributed by atoms with E-state index in [0.717, 1.165) is 12.1 Å². The summed E-state index contributed by atoms with van der Waals surface area (Å²) in [6.07, 6.45) is 0. The van der Waals surface area contributed by atoms with E-state index >= 15 is 0 Å². The smallest absolute Gasteiger partial charge is 0.326 e. The van der Waals surface area contributed by atoms with Crippen molar-refractivity contribution in [1.29, 1.82) is 0 Å². The van der Waals surface area contributed by atoms with Crippen molar-refractivity contribution in [2.24, 2.45) is 0 Å². The molecule has 0 amide bonds. The maximum atomic E-state index is 14.0. The van der Waals surface area contributed by atoms with Crippen LogP contribution in [-0.2, 0) is 0 Å². The monoisotopic (exact) mass is 447 g/mol. The summed E-state index contributed by atoms with van der Waals surface area (Å²) in [7, 11) is 0. The molecule has 0 saturated carbocycles. The van der Waals surface area contributed by atoms with Crippen LogP contribution in [-0.4, -0.2) is 49.6 Å². The first kappa shape index (κ1) is 20.9. The number of H-pyrrole nitrogens is 1. The molecule has 0 unspecified atom stereocenters. The molecule has 0 spiro atoms. The second-order valence-corrected chi connectivity index (χ2v) is 6.92. The van der Waals surface area contributed by atoms with Crippen LogP contribution < -0.4 is 10.1 Å². The molecule has 8 nitrogen and oxygen atoms in total. The maximum Gasteiger partial charge on any atom is 0.326 e. The van der Waals surface area contributed by atoms with Crippen LogP contribution in [0.2, 0.25) is 5.02 Å². The lowest BCUT2D eigenvalue weighted by Gasteiger charge is -2.16. The number of aromatic amines is 1. The van der Waals surface area contributed by atoms with Gasteiger partial charge in [0.15, 0.2) is 17.2 Å². The third kappa shape index (κ3) is 4.26. The summed E-state index contributed by atoms with van der Waals surface area (Å²) in [6, 6.07) is 8.84. The molecule has 4 aromatic rings. The van der Waals surface area contributed by atoms with E-state index in [2.05, 4.69) is 25.5 Å². The summed E-state index contributed by atoms with van der Waals surface area (Å²) in [6.45, 7) is -0.770. The Balaban J connectivity index is 1.84. The summed E-state index contributed by atoms with van der Waals surface area (Å²) in [4.78, 5) is 8.44. The number of hydrogen-bond donors (Lipinski definition) is 4. The number of aromatic nitrogens is 4. The average Bonchev–Trinajstić information content (AvgIpc) is 3.18. The molecule has 160 valence electrons. The molecule has 0 saturated heterocycles. The van der Waals surface area contributed by atoms with E-state index < -0.39 is 17.7 Å². The molecule has 0 aliphatic rings. The van der Waals surface area contributed by atoms with Gasteiger partial charge in [0.05, 0.1) is 30.3 Å². The lowest BCUT2D eigenvalue weighted by molar-refractivity contribution is 0.203. The highest BCUT2D eigenvalue weighted by Crippen LogP contribution is 2.36. The molecule has 0 fully saturated rings. The van der Waals surface area contributed by atoms with E-state index in [9.17, 15) is 19.0 Å². The Morgan fingerprint density at radius 2 is 1.87 bits per heavy atom. The lowest BCUT2D eigenvalue weighted by atomic mass is 10.1. The lowest BCUT2D eigenvalue weighted by Crippen LogP contribution is -2.28. The zero-order valence-electron chi connectivity index (χ0n) is 15.8. The molecular formula is C20H16ClF2N5O3. The van der Waals surface area contributed by atoms with Gasteiger partial charge in [0.25, 0.3) is 0 Å². The molecule has 0 radical (unpaired) electrons. The van der Waals surface area contributed by atoms with Crippen molar-refractivity contribution in [3.8, 4) is 23.0 Å². The molecule has 31 heavy (non-hydrogen) atoms. The highest BCUT2D eigenvalue weighted by molar-refractivity contribution is 6.33. The Hall–Kier alpha value is -3.34. The van der Waals surface area contributed by atoms with Crippen molar-refractivity contribution >= 4 is 28.5 Å². The van der Waals surface area contributed by atoms with Crippen LogP contribution in [0.5, 0.6) is 11.8 Å². The van der Waals surface area contributed by atoms with Crippen LogP contribution in [0.15, 0.2) is 42.5 Å². The van der Waals surface area contributed by atoms with Crippen LogP contribution in [0.1, 0.15) is 0 Å². The molecular weight excluding hydrogens is 432 g/mol. The Labute approximate surface area is 179 Å². The van der Waals surface area contributed by atoms with Crippen LogP contribution in [0.25, 0.3) is 22.3 Å². The first-order valence-electron chi connectivity index (χ1n) is 9.12. The summed E-state index contributed by atoms with van der Waals surface area (Å²) < 4.78 is 32.6. The number of fused-ring (bicyclic) bond motifs is 1. The van der Waals surface area contributed by atoms with Gasteiger partial charge >= 0.3 is 6.01 Å². The number of halogens is 3. The second-order valence-electron chi connectivity index (χ2n) is 6.52. The zero-order chi connectivity index (χ0) is 22.0. The van der Waals surface area contributed by atoms with E-state index in [-0.39, 0.29) is 36.4 Å². The molecule has 4 N–H and O–H groups in total. The minimum atomic E-state index is -0.930. The van der Waals surface area contributed by atoms with Gasteiger partial charge in [-0.2, -0.15) is 15.1 Å². The highest BCUT2D eigenvalue weighted by Gasteiger charge is 2.21. The summed E-state index contributed by atoms with van der Waals surface area (Å²) in [5, 5.41) is 29.7. The van der Waals surface area contributed by atoms with E-state index in [0.29, 0.717) is 27.7 Å². The minimum Gasteiger partial charge on any atom is -0.421 e. The number of hydrogen-bond acceptors (Lipinski definition) is 7. The average molecular weight is 448 g/mol. The standard InChI is InChI=1S/C20H16ClF2N5O3/c21-13-4-2-1-3-12(13)17-16-18(24-11(8-29)9-30)25-20(26-19(16)28-27-17)31-15-6-5-10(22)7-14(15)23/h1-7,11,29-30H,8-9H2,(H2,24,25,26,27,28). The Morgan fingerprint density at radius 3 is 2.58 bits per heavy atom. The molecule has 11 heteroatoms. The Bertz CT molecular complexity index is 1230. The number of benzene rings is 2. The van der Waals surface area contributed by atoms with Crippen LogP contribution >= 0.6 is 11.6 Å². The summed E-state index contributed by atoms with van der Waals surface area (Å²) in [5.41, 5.74) is 1.29. The number of aliphatic hydroxyl groups excluding tert-OH is 2. The van der Waals surface area contributed by atoms with Gasteiger partial charge in [-0.1, -0.05) is 29.8 Å². The molecule has 4 rings (SSSR count). The first-order valence-corrected chi connectivity index (χ1v) is 9.50. The number of aliphatic hydroxyl groups is 2. The van der Waals surface area contributed by atoms with Gasteiger partial charge in [-0.05, 0) is 18.2 Å². The summed E-state index contributed by atoms with van der Waals surface area (Å²) in [5.74, 6) is -1.80. The Morgan fingerprint density at radius 1 is 1.10 bits per heavy atom. The molecule has 0 atom stereocenters. The van der Waals surface area contributed by atoms with Crippen molar-refractivity contribution in [2.45, 2.75) is 6.04 Å². The highest BCUT2D eigenvalue weighted by atomic mass is 35.5. The predicted octanol–water partition coefficient (Wildman–Crippen LogP) is 3.51. The summed E-state index contributed by atoms with van der Waals surface area (Å²) >= 11 is 6.31. The van der Waals surface area contributed by atoms with E-state index in [1.807, 2.05) is 0 Å². The van der Waals surface area contributed by atoms with E-state index in [1.54, 1.807) is 24.3 Å². The maximum absolute atomic E-state index is 14.0. The molecule has 0 bridgehead atoms. The first-order chi connectivity index (χ1) is 15.0. The predicted molar refractivity (Wildman–Crippen MR) is 110 cm³/mol. The second kappa shape index (κ2) is 8.80. The van der Waals surface area contributed by atoms with Crippen molar-refractivity contribution in [3.63, 3.8) is 0 Å². The third-order valence-electron chi connectivity index (χ3n) is 4.41. The van der Waals surface area contributed by atoms with Crippen molar-refractivity contribution in [3.05, 3.63) is 59.1 Å². The molecule has 2 aromatic heterocycles. The SMILES string of the molecule is OCC(CO)Nc1nc(Oc2ccc(F)cc2F)nc2n[nH]c(-c3ccccc3Cl)c12. The third-order valence-corrected chi connectivity index (χ3v) is 4.74. The molecule has 0 aliphatic heterocycles. The molecule has 0 aliphatic carbocycles. The van der Waals surface area contributed by atoms with Gasteiger partial charge in [-0.15, -0.1) is 0 Å². The fraction of sp³-hybridized carbons (Fsp3) is 0.150. The number of nitrogens with zero attached hydrogens (tertiary/aromatic N) is 3. The number of rotatable bonds is 7. The van der Waals surface area contributed by atoms with Gasteiger partial charge in [0.2, 0.25) is 0 Å². The van der Waals surface area contributed by atoms with E-state index in [4.69, 9.17) is 16.3 Å². The van der Waals surface area contributed by atoms with Gasteiger partial charge < -0.3 is 20.3 Å². The van der Waals surface area contributed by atoms with Crippen molar-refractivity contribution < 1.29 is 23.7 Å². The van der Waals surface area contributed by atoms with Crippen molar-refractivity contribution in [2.75, 3.05) is 18.5 Å². The Kier molecular flexibility index (Phi) is 5.94.